The zero-order valence-corrected chi connectivity index (χ0v) is 10.6. The van der Waals surface area contributed by atoms with Gasteiger partial charge in [0.05, 0.1) is 6.67 Å². The number of likely N-dealkylation sites (tertiary alicyclic amines) is 1. The van der Waals surface area contributed by atoms with Gasteiger partial charge in [0.2, 0.25) is 0 Å². The third-order valence-corrected chi connectivity index (χ3v) is 3.76. The Morgan fingerprint density at radius 2 is 2.06 bits per heavy atom. The Bertz CT molecular complexity index is 325. The van der Waals surface area contributed by atoms with Crippen LogP contribution in [0.25, 0.3) is 0 Å². The Balaban J connectivity index is 2.13. The lowest BCUT2D eigenvalue weighted by Crippen LogP contribution is -2.38. The van der Waals surface area contributed by atoms with E-state index in [1.165, 1.54) is 18.4 Å². The SMILES string of the molecule is CC1CCCN(CCCF)C1c1ccccc1. The lowest BCUT2D eigenvalue weighted by Gasteiger charge is -2.40. The highest BCUT2D eigenvalue weighted by Gasteiger charge is 2.29. The molecule has 0 aromatic heterocycles. The summed E-state index contributed by atoms with van der Waals surface area (Å²) in [6, 6.07) is 11.2. The molecule has 1 fully saturated rings. The molecule has 17 heavy (non-hydrogen) atoms. The lowest BCUT2D eigenvalue weighted by atomic mass is 9.86. The fourth-order valence-corrected chi connectivity index (χ4v) is 2.98. The van der Waals surface area contributed by atoms with E-state index in [1.54, 1.807) is 0 Å². The first-order chi connectivity index (χ1) is 8.33. The van der Waals surface area contributed by atoms with Crippen molar-refractivity contribution in [1.29, 1.82) is 0 Å². The summed E-state index contributed by atoms with van der Waals surface area (Å²) < 4.78 is 12.3. The van der Waals surface area contributed by atoms with Gasteiger partial charge >= 0.3 is 0 Å². The predicted octanol–water partition coefficient (Wildman–Crippen LogP) is 3.82. The maximum absolute atomic E-state index is 12.3. The average molecular weight is 235 g/mol. The van der Waals surface area contributed by atoms with Crippen LogP contribution < -0.4 is 0 Å². The third kappa shape index (κ3) is 3.06. The predicted molar refractivity (Wildman–Crippen MR) is 69.7 cm³/mol. The molecule has 1 aliphatic heterocycles. The van der Waals surface area contributed by atoms with Gasteiger partial charge in [-0.1, -0.05) is 37.3 Å². The molecule has 0 saturated carbocycles. The zero-order valence-electron chi connectivity index (χ0n) is 10.6. The molecule has 0 spiro atoms. The maximum atomic E-state index is 12.3. The van der Waals surface area contributed by atoms with Crippen LogP contribution in [0, 0.1) is 5.92 Å². The third-order valence-electron chi connectivity index (χ3n) is 3.76. The summed E-state index contributed by atoms with van der Waals surface area (Å²) in [5.41, 5.74) is 1.39. The van der Waals surface area contributed by atoms with Crippen LogP contribution in [-0.4, -0.2) is 24.7 Å². The molecule has 1 aromatic rings. The highest BCUT2D eigenvalue weighted by molar-refractivity contribution is 5.20. The zero-order chi connectivity index (χ0) is 12.1. The molecule has 1 heterocycles. The Hall–Kier alpha value is -0.890. The summed E-state index contributed by atoms with van der Waals surface area (Å²) in [4.78, 5) is 2.46. The molecule has 0 radical (unpaired) electrons. The van der Waals surface area contributed by atoms with Crippen molar-refractivity contribution < 1.29 is 4.39 Å². The Morgan fingerprint density at radius 3 is 2.76 bits per heavy atom. The first-order valence-corrected chi connectivity index (χ1v) is 6.68. The number of hydrogen-bond acceptors (Lipinski definition) is 1. The van der Waals surface area contributed by atoms with Crippen molar-refractivity contribution in [2.75, 3.05) is 19.8 Å². The molecule has 94 valence electrons. The number of piperidine rings is 1. The molecule has 2 rings (SSSR count). The summed E-state index contributed by atoms with van der Waals surface area (Å²) in [5, 5.41) is 0. The van der Waals surface area contributed by atoms with Gasteiger partial charge in [0.15, 0.2) is 0 Å². The van der Waals surface area contributed by atoms with E-state index in [2.05, 4.69) is 42.2 Å². The van der Waals surface area contributed by atoms with Crippen molar-refractivity contribution in [2.24, 2.45) is 5.92 Å². The number of alkyl halides is 1. The van der Waals surface area contributed by atoms with Gasteiger partial charge in [-0.2, -0.15) is 0 Å². The minimum atomic E-state index is -0.202. The summed E-state index contributed by atoms with van der Waals surface area (Å²) in [5.74, 6) is 0.672. The van der Waals surface area contributed by atoms with Gasteiger partial charge in [-0.25, -0.2) is 0 Å². The van der Waals surface area contributed by atoms with Crippen LogP contribution in [0.4, 0.5) is 4.39 Å². The highest BCUT2D eigenvalue weighted by Crippen LogP contribution is 2.35. The molecule has 0 bridgehead atoms. The fraction of sp³-hybridized carbons (Fsp3) is 0.600. The monoisotopic (exact) mass is 235 g/mol. The minimum absolute atomic E-state index is 0.202. The van der Waals surface area contributed by atoms with Crippen LogP contribution >= 0.6 is 0 Å². The molecule has 0 N–H and O–H groups in total. The van der Waals surface area contributed by atoms with Crippen molar-refractivity contribution in [3.8, 4) is 0 Å². The van der Waals surface area contributed by atoms with E-state index < -0.39 is 0 Å². The second-order valence-corrected chi connectivity index (χ2v) is 5.05. The lowest BCUT2D eigenvalue weighted by molar-refractivity contribution is 0.0973. The minimum Gasteiger partial charge on any atom is -0.296 e. The van der Waals surface area contributed by atoms with Crippen molar-refractivity contribution in [3.05, 3.63) is 35.9 Å². The highest BCUT2D eigenvalue weighted by atomic mass is 19.1. The van der Waals surface area contributed by atoms with Gasteiger partial charge in [-0.15, -0.1) is 0 Å². The molecule has 1 aromatic carbocycles. The van der Waals surface area contributed by atoms with Gasteiger partial charge in [0, 0.05) is 12.6 Å². The van der Waals surface area contributed by atoms with E-state index in [-0.39, 0.29) is 6.67 Å². The van der Waals surface area contributed by atoms with E-state index >= 15 is 0 Å². The molecule has 0 aliphatic carbocycles. The quantitative estimate of drug-likeness (QED) is 0.767. The number of rotatable bonds is 4. The van der Waals surface area contributed by atoms with Crippen LogP contribution in [-0.2, 0) is 0 Å². The molecule has 2 atom stereocenters. The van der Waals surface area contributed by atoms with E-state index in [0.29, 0.717) is 18.4 Å². The Morgan fingerprint density at radius 1 is 1.29 bits per heavy atom. The van der Waals surface area contributed by atoms with Gasteiger partial charge in [0.1, 0.15) is 0 Å². The van der Waals surface area contributed by atoms with Gasteiger partial charge in [-0.05, 0) is 37.3 Å². The van der Waals surface area contributed by atoms with Crippen molar-refractivity contribution >= 4 is 0 Å². The van der Waals surface area contributed by atoms with Gasteiger partial charge in [0.25, 0.3) is 0 Å². The fourth-order valence-electron chi connectivity index (χ4n) is 2.98. The van der Waals surface area contributed by atoms with Crippen molar-refractivity contribution in [2.45, 2.75) is 32.2 Å². The average Bonchev–Trinajstić information content (AvgIpc) is 2.37. The summed E-state index contributed by atoms with van der Waals surface area (Å²) in [7, 11) is 0. The van der Waals surface area contributed by atoms with Gasteiger partial charge in [-0.3, -0.25) is 9.29 Å². The van der Waals surface area contributed by atoms with E-state index in [9.17, 15) is 4.39 Å². The van der Waals surface area contributed by atoms with Crippen LogP contribution in [0.3, 0.4) is 0 Å². The molecule has 1 nitrogen and oxygen atoms in total. The van der Waals surface area contributed by atoms with Crippen LogP contribution in [0.5, 0.6) is 0 Å². The topological polar surface area (TPSA) is 3.24 Å². The number of hydrogen-bond donors (Lipinski definition) is 0. The summed E-state index contributed by atoms with van der Waals surface area (Å²) in [6.45, 7) is 4.12. The van der Waals surface area contributed by atoms with Crippen LogP contribution in [0.15, 0.2) is 30.3 Å². The molecular weight excluding hydrogens is 213 g/mol. The molecule has 0 amide bonds. The van der Waals surface area contributed by atoms with E-state index in [0.717, 1.165) is 13.1 Å². The summed E-state index contributed by atoms with van der Waals surface area (Å²) in [6.07, 6.45) is 3.19. The number of nitrogens with zero attached hydrogens (tertiary/aromatic N) is 1. The second-order valence-electron chi connectivity index (χ2n) is 5.05. The molecule has 1 saturated heterocycles. The second kappa shape index (κ2) is 6.15. The Kier molecular flexibility index (Phi) is 4.55. The largest absolute Gasteiger partial charge is 0.296 e. The maximum Gasteiger partial charge on any atom is 0.0906 e. The molecule has 1 aliphatic rings. The first kappa shape index (κ1) is 12.6. The van der Waals surface area contributed by atoms with Crippen LogP contribution in [0.2, 0.25) is 0 Å². The molecular formula is C15H22FN. The van der Waals surface area contributed by atoms with E-state index in [1.807, 2.05) is 0 Å². The van der Waals surface area contributed by atoms with Crippen molar-refractivity contribution in [3.63, 3.8) is 0 Å². The normalized spacial score (nSPS) is 26.0. The number of benzene rings is 1. The van der Waals surface area contributed by atoms with Gasteiger partial charge < -0.3 is 0 Å². The number of halogens is 1. The Labute approximate surface area is 104 Å². The first-order valence-electron chi connectivity index (χ1n) is 6.68. The standard InChI is InChI=1S/C15H22FN/c1-13-7-5-11-17(12-6-10-16)15(13)14-8-3-2-4-9-14/h2-4,8-9,13,15H,5-7,10-12H2,1H3. The smallest absolute Gasteiger partial charge is 0.0906 e. The summed E-state index contributed by atoms with van der Waals surface area (Å²) >= 11 is 0. The van der Waals surface area contributed by atoms with Crippen molar-refractivity contribution in [1.82, 2.24) is 4.90 Å². The van der Waals surface area contributed by atoms with Crippen LogP contribution in [0.1, 0.15) is 37.8 Å². The molecule has 2 heteroatoms. The molecule has 2 unspecified atom stereocenters. The van der Waals surface area contributed by atoms with E-state index in [4.69, 9.17) is 0 Å².